The molecule has 0 saturated heterocycles. The predicted octanol–water partition coefficient (Wildman–Crippen LogP) is 6.98. The molecule has 4 nitrogen and oxygen atoms in total. The Kier molecular flexibility index (Phi) is 5.95. The average molecular weight is 457 g/mol. The van der Waals surface area contributed by atoms with Crippen LogP contribution in [0.3, 0.4) is 0 Å². The highest BCUT2D eigenvalue weighted by molar-refractivity contribution is 7.21. The van der Waals surface area contributed by atoms with E-state index >= 15 is 0 Å². The highest BCUT2D eigenvalue weighted by Crippen LogP contribution is 2.34. The second-order valence-electron chi connectivity index (χ2n) is 6.79. The molecule has 7 heteroatoms. The Morgan fingerprint density at radius 2 is 1.90 bits per heavy atom. The van der Waals surface area contributed by atoms with Crippen molar-refractivity contribution >= 4 is 56.3 Å². The fourth-order valence-corrected chi connectivity index (χ4v) is 4.54. The number of carbonyl (C=O) groups is 1. The van der Waals surface area contributed by atoms with Crippen LogP contribution in [-0.4, -0.2) is 17.0 Å². The third-order valence-electron chi connectivity index (χ3n) is 4.68. The van der Waals surface area contributed by atoms with E-state index in [4.69, 9.17) is 32.9 Å². The lowest BCUT2D eigenvalue weighted by Gasteiger charge is -2.17. The Balaban J connectivity index is 1.54. The molecule has 0 fully saturated rings. The molecule has 1 atom stereocenters. The minimum atomic E-state index is -0.741. The number of benzene rings is 3. The highest BCUT2D eigenvalue weighted by Gasteiger charge is 2.19. The summed E-state index contributed by atoms with van der Waals surface area (Å²) in [6.45, 7) is 3.64. The normalized spacial score (nSPS) is 12.0. The standard InChI is InChI=1S/C23H18Cl2N2O2S/c1-13-16(23-27-19-7-3-4-9-21(19)30-23)6-5-8-18(13)26-22(28)14(2)29-20-11-10-15(24)12-17(20)25/h3-12,14H,1-2H3,(H,26,28). The number of halogens is 2. The first-order chi connectivity index (χ1) is 14.4. The van der Waals surface area contributed by atoms with E-state index in [1.54, 1.807) is 36.5 Å². The van der Waals surface area contributed by atoms with Crippen molar-refractivity contribution in [1.29, 1.82) is 0 Å². The van der Waals surface area contributed by atoms with Crippen molar-refractivity contribution < 1.29 is 9.53 Å². The SMILES string of the molecule is Cc1c(NC(=O)C(C)Oc2ccc(Cl)cc2Cl)cccc1-c1nc2ccccc2s1. The van der Waals surface area contributed by atoms with Crippen LogP contribution >= 0.6 is 34.5 Å². The number of nitrogens with one attached hydrogen (secondary N) is 1. The molecule has 0 saturated carbocycles. The minimum absolute atomic E-state index is 0.273. The van der Waals surface area contributed by atoms with E-state index in [0.29, 0.717) is 15.8 Å². The summed E-state index contributed by atoms with van der Waals surface area (Å²) in [5.41, 5.74) is 3.62. The van der Waals surface area contributed by atoms with Gasteiger partial charge < -0.3 is 10.1 Å². The van der Waals surface area contributed by atoms with Crippen molar-refractivity contribution in [2.45, 2.75) is 20.0 Å². The van der Waals surface area contributed by atoms with Crippen LogP contribution in [0.1, 0.15) is 12.5 Å². The molecule has 0 aliphatic heterocycles. The van der Waals surface area contributed by atoms with E-state index in [-0.39, 0.29) is 5.91 Å². The van der Waals surface area contributed by atoms with Crippen LogP contribution in [0.25, 0.3) is 20.8 Å². The van der Waals surface area contributed by atoms with E-state index in [0.717, 1.165) is 32.0 Å². The van der Waals surface area contributed by atoms with E-state index in [9.17, 15) is 4.79 Å². The molecule has 152 valence electrons. The summed E-state index contributed by atoms with van der Waals surface area (Å²) in [7, 11) is 0. The summed E-state index contributed by atoms with van der Waals surface area (Å²) < 4.78 is 6.84. The first-order valence-electron chi connectivity index (χ1n) is 9.30. The highest BCUT2D eigenvalue weighted by atomic mass is 35.5. The zero-order valence-electron chi connectivity index (χ0n) is 16.3. The molecule has 4 aromatic rings. The second kappa shape index (κ2) is 8.64. The quantitative estimate of drug-likeness (QED) is 0.352. The molecule has 0 radical (unpaired) electrons. The van der Waals surface area contributed by atoms with Gasteiger partial charge in [-0.3, -0.25) is 4.79 Å². The number of nitrogens with zero attached hydrogens (tertiary/aromatic N) is 1. The molecule has 1 unspecified atom stereocenters. The molecule has 4 rings (SSSR count). The number of hydrogen-bond donors (Lipinski definition) is 1. The van der Waals surface area contributed by atoms with Gasteiger partial charge >= 0.3 is 0 Å². The zero-order valence-corrected chi connectivity index (χ0v) is 18.6. The number of hydrogen-bond acceptors (Lipinski definition) is 4. The summed E-state index contributed by atoms with van der Waals surface area (Å²) in [6, 6.07) is 18.7. The summed E-state index contributed by atoms with van der Waals surface area (Å²) >= 11 is 13.7. The number of anilines is 1. The van der Waals surface area contributed by atoms with Crippen molar-refractivity contribution in [3.05, 3.63) is 76.3 Å². The Labute approximate surface area is 188 Å². The molecule has 1 amide bonds. The number of para-hydroxylation sites is 1. The molecular formula is C23H18Cl2N2O2S. The molecule has 0 aliphatic rings. The maximum absolute atomic E-state index is 12.7. The van der Waals surface area contributed by atoms with Crippen LogP contribution in [0.4, 0.5) is 5.69 Å². The molecule has 0 bridgehead atoms. The molecular weight excluding hydrogens is 439 g/mol. The lowest BCUT2D eigenvalue weighted by Crippen LogP contribution is -2.30. The Bertz CT molecular complexity index is 1210. The number of carbonyl (C=O) groups excluding carboxylic acids is 1. The van der Waals surface area contributed by atoms with Crippen molar-refractivity contribution in [3.8, 4) is 16.3 Å². The van der Waals surface area contributed by atoms with Crippen LogP contribution in [0, 0.1) is 6.92 Å². The fourth-order valence-electron chi connectivity index (χ4n) is 3.04. The van der Waals surface area contributed by atoms with Gasteiger partial charge in [0.15, 0.2) is 6.10 Å². The molecule has 1 aromatic heterocycles. The van der Waals surface area contributed by atoms with Crippen LogP contribution in [-0.2, 0) is 4.79 Å². The lowest BCUT2D eigenvalue weighted by molar-refractivity contribution is -0.122. The van der Waals surface area contributed by atoms with Gasteiger partial charge in [0.2, 0.25) is 0 Å². The number of fused-ring (bicyclic) bond motifs is 1. The van der Waals surface area contributed by atoms with Crippen molar-refractivity contribution in [1.82, 2.24) is 4.98 Å². The topological polar surface area (TPSA) is 51.2 Å². The smallest absolute Gasteiger partial charge is 0.265 e. The Morgan fingerprint density at radius 3 is 2.67 bits per heavy atom. The van der Waals surface area contributed by atoms with Crippen LogP contribution in [0.2, 0.25) is 10.0 Å². The summed E-state index contributed by atoms with van der Waals surface area (Å²) in [6.07, 6.45) is -0.741. The fraction of sp³-hybridized carbons (Fsp3) is 0.130. The summed E-state index contributed by atoms with van der Waals surface area (Å²) in [5.74, 6) is 0.134. The maximum atomic E-state index is 12.7. The van der Waals surface area contributed by atoms with E-state index in [1.165, 1.54) is 0 Å². The molecule has 30 heavy (non-hydrogen) atoms. The number of amides is 1. The van der Waals surface area contributed by atoms with Crippen molar-refractivity contribution in [2.24, 2.45) is 0 Å². The van der Waals surface area contributed by atoms with Gasteiger partial charge in [0, 0.05) is 16.3 Å². The number of thiazole rings is 1. The van der Waals surface area contributed by atoms with Gasteiger partial charge in [-0.05, 0) is 55.8 Å². The first-order valence-corrected chi connectivity index (χ1v) is 10.9. The number of ether oxygens (including phenoxy) is 1. The Hall–Kier alpha value is -2.60. The minimum Gasteiger partial charge on any atom is -0.479 e. The summed E-state index contributed by atoms with van der Waals surface area (Å²) in [5, 5.41) is 4.73. The second-order valence-corrected chi connectivity index (χ2v) is 8.66. The van der Waals surface area contributed by atoms with Crippen molar-refractivity contribution in [3.63, 3.8) is 0 Å². The van der Waals surface area contributed by atoms with Gasteiger partial charge in [0.25, 0.3) is 5.91 Å². The van der Waals surface area contributed by atoms with E-state index in [2.05, 4.69) is 11.4 Å². The van der Waals surface area contributed by atoms with Gasteiger partial charge in [0.1, 0.15) is 10.8 Å². The van der Waals surface area contributed by atoms with Crippen molar-refractivity contribution in [2.75, 3.05) is 5.32 Å². The summed E-state index contributed by atoms with van der Waals surface area (Å²) in [4.78, 5) is 17.4. The zero-order chi connectivity index (χ0) is 21.3. The first kappa shape index (κ1) is 20.7. The van der Waals surface area contributed by atoms with Crippen LogP contribution in [0.5, 0.6) is 5.75 Å². The molecule has 1 heterocycles. The predicted molar refractivity (Wildman–Crippen MR) is 125 cm³/mol. The number of rotatable bonds is 5. The Morgan fingerprint density at radius 1 is 1.10 bits per heavy atom. The van der Waals surface area contributed by atoms with Crippen LogP contribution < -0.4 is 10.1 Å². The molecule has 0 spiro atoms. The molecule has 1 N–H and O–H groups in total. The van der Waals surface area contributed by atoms with Gasteiger partial charge in [-0.25, -0.2) is 4.98 Å². The monoisotopic (exact) mass is 456 g/mol. The van der Waals surface area contributed by atoms with Gasteiger partial charge in [-0.2, -0.15) is 0 Å². The van der Waals surface area contributed by atoms with Gasteiger partial charge in [-0.1, -0.05) is 47.5 Å². The third kappa shape index (κ3) is 4.29. The maximum Gasteiger partial charge on any atom is 0.265 e. The van der Waals surface area contributed by atoms with E-state index in [1.807, 2.05) is 43.3 Å². The largest absolute Gasteiger partial charge is 0.479 e. The van der Waals surface area contributed by atoms with Crippen LogP contribution in [0.15, 0.2) is 60.7 Å². The molecule has 3 aromatic carbocycles. The molecule has 0 aliphatic carbocycles. The average Bonchev–Trinajstić information content (AvgIpc) is 3.15. The van der Waals surface area contributed by atoms with Gasteiger partial charge in [0.05, 0.1) is 15.2 Å². The lowest BCUT2D eigenvalue weighted by atomic mass is 10.1. The third-order valence-corrected chi connectivity index (χ3v) is 6.28. The van der Waals surface area contributed by atoms with Gasteiger partial charge in [-0.15, -0.1) is 11.3 Å². The van der Waals surface area contributed by atoms with E-state index < -0.39 is 6.10 Å². The number of aromatic nitrogens is 1.